The van der Waals surface area contributed by atoms with Gasteiger partial charge in [0, 0.05) is 18.8 Å². The molecule has 176 valence electrons. The van der Waals surface area contributed by atoms with Crippen LogP contribution >= 0.6 is 0 Å². The molecular weight excluding hydrogens is 444 g/mol. The van der Waals surface area contributed by atoms with Gasteiger partial charge in [0.15, 0.2) is 5.79 Å². The monoisotopic (exact) mass is 472 g/mol. The summed E-state index contributed by atoms with van der Waals surface area (Å²) in [6.07, 6.45) is 6.03. The molecule has 2 atom stereocenters. The van der Waals surface area contributed by atoms with Gasteiger partial charge in [0.1, 0.15) is 11.9 Å². The summed E-state index contributed by atoms with van der Waals surface area (Å²) in [5, 5.41) is 0. The summed E-state index contributed by atoms with van der Waals surface area (Å²) in [7, 11) is -2.24. The molecule has 3 aromatic rings. The lowest BCUT2D eigenvalue weighted by atomic mass is 10.0. The van der Waals surface area contributed by atoms with Gasteiger partial charge in [0.2, 0.25) is 0 Å². The fourth-order valence-electron chi connectivity index (χ4n) is 3.72. The number of aryl methyl sites for hydroxylation is 2. The maximum Gasteiger partial charge on any atom is 0.297 e. The lowest BCUT2D eigenvalue weighted by molar-refractivity contribution is -0.184. The molecule has 9 heteroatoms. The molecule has 4 rings (SSSR count). The lowest BCUT2D eigenvalue weighted by Gasteiger charge is -2.28. The Morgan fingerprint density at radius 1 is 1.15 bits per heavy atom. The summed E-state index contributed by atoms with van der Waals surface area (Å²) in [6.45, 7) is 2.45. The number of rotatable bonds is 10. The van der Waals surface area contributed by atoms with Gasteiger partial charge in [0.05, 0.1) is 38.1 Å². The fraction of sp³-hybridized carbons (Fsp3) is 0.375. The van der Waals surface area contributed by atoms with Crippen molar-refractivity contribution in [3.05, 3.63) is 78.4 Å². The van der Waals surface area contributed by atoms with E-state index in [4.69, 9.17) is 18.4 Å². The van der Waals surface area contributed by atoms with E-state index < -0.39 is 22.0 Å². The Morgan fingerprint density at radius 3 is 2.58 bits per heavy atom. The number of methoxy groups -OCH3 is 1. The van der Waals surface area contributed by atoms with Gasteiger partial charge in [-0.1, -0.05) is 29.8 Å². The Morgan fingerprint density at radius 2 is 1.91 bits per heavy atom. The Balaban J connectivity index is 1.41. The summed E-state index contributed by atoms with van der Waals surface area (Å²) >= 11 is 0. The largest absolute Gasteiger partial charge is 0.497 e. The third kappa shape index (κ3) is 6.00. The highest BCUT2D eigenvalue weighted by Crippen LogP contribution is 2.31. The van der Waals surface area contributed by atoms with Crippen LogP contribution in [0, 0.1) is 6.92 Å². The molecule has 0 spiro atoms. The molecule has 1 saturated heterocycles. The van der Waals surface area contributed by atoms with Crippen LogP contribution < -0.4 is 4.74 Å². The molecule has 1 aromatic heterocycles. The van der Waals surface area contributed by atoms with E-state index >= 15 is 0 Å². The molecule has 0 radical (unpaired) electrons. The summed E-state index contributed by atoms with van der Waals surface area (Å²) in [4.78, 5) is 4.22. The van der Waals surface area contributed by atoms with Crippen LogP contribution in [-0.4, -0.2) is 50.2 Å². The van der Waals surface area contributed by atoms with Crippen LogP contribution in [0.15, 0.2) is 72.1 Å². The van der Waals surface area contributed by atoms with E-state index in [1.54, 1.807) is 31.8 Å². The van der Waals surface area contributed by atoms with Gasteiger partial charge >= 0.3 is 0 Å². The number of nitrogens with zero attached hydrogens (tertiary/aromatic N) is 2. The van der Waals surface area contributed by atoms with E-state index in [1.807, 2.05) is 42.0 Å². The number of aromatic nitrogens is 2. The Bertz CT molecular complexity index is 1130. The summed E-state index contributed by atoms with van der Waals surface area (Å²) in [5.41, 5.74) is 2.09. The van der Waals surface area contributed by atoms with Gasteiger partial charge < -0.3 is 18.8 Å². The van der Waals surface area contributed by atoms with E-state index in [0.29, 0.717) is 19.4 Å². The highest BCUT2D eigenvalue weighted by Gasteiger charge is 2.42. The highest BCUT2D eigenvalue weighted by molar-refractivity contribution is 7.86. The second kappa shape index (κ2) is 10.0. The second-order valence-electron chi connectivity index (χ2n) is 8.10. The smallest absolute Gasteiger partial charge is 0.297 e. The number of hydrogen-bond acceptors (Lipinski definition) is 7. The Kier molecular flexibility index (Phi) is 7.14. The first-order valence-corrected chi connectivity index (χ1v) is 12.1. The van der Waals surface area contributed by atoms with Crippen molar-refractivity contribution in [3.63, 3.8) is 0 Å². The van der Waals surface area contributed by atoms with Crippen molar-refractivity contribution in [1.82, 2.24) is 9.55 Å². The third-order valence-corrected chi connectivity index (χ3v) is 6.86. The van der Waals surface area contributed by atoms with E-state index in [0.717, 1.165) is 16.9 Å². The Labute approximate surface area is 194 Å². The van der Waals surface area contributed by atoms with Gasteiger partial charge in [-0.25, -0.2) is 4.98 Å². The van der Waals surface area contributed by atoms with Crippen LogP contribution in [0.3, 0.4) is 0 Å². The molecule has 0 unspecified atom stereocenters. The van der Waals surface area contributed by atoms with Crippen molar-refractivity contribution in [2.24, 2.45) is 0 Å². The van der Waals surface area contributed by atoms with Crippen LogP contribution in [0.25, 0.3) is 0 Å². The quantitative estimate of drug-likeness (QED) is 0.418. The molecule has 0 saturated carbocycles. The minimum atomic E-state index is -3.88. The molecule has 0 aliphatic carbocycles. The van der Waals surface area contributed by atoms with Gasteiger partial charge in [-0.2, -0.15) is 8.42 Å². The molecular formula is C24H28N2O6S. The van der Waals surface area contributed by atoms with Gasteiger partial charge in [0.25, 0.3) is 10.1 Å². The van der Waals surface area contributed by atoms with Crippen molar-refractivity contribution >= 4 is 10.1 Å². The summed E-state index contributed by atoms with van der Waals surface area (Å²) < 4.78 is 49.8. The highest BCUT2D eigenvalue weighted by atomic mass is 32.2. The summed E-state index contributed by atoms with van der Waals surface area (Å²) in [6, 6.07) is 14.4. The van der Waals surface area contributed by atoms with Crippen LogP contribution in [-0.2, 0) is 36.7 Å². The number of imidazole rings is 1. The van der Waals surface area contributed by atoms with Gasteiger partial charge in [-0.15, -0.1) is 0 Å². The van der Waals surface area contributed by atoms with Crippen LogP contribution in [0.5, 0.6) is 5.75 Å². The van der Waals surface area contributed by atoms with Crippen molar-refractivity contribution < 1.29 is 26.8 Å². The lowest BCUT2D eigenvalue weighted by Crippen LogP contribution is -2.37. The van der Waals surface area contributed by atoms with E-state index in [-0.39, 0.29) is 18.1 Å². The van der Waals surface area contributed by atoms with Crippen molar-refractivity contribution in [1.29, 1.82) is 0 Å². The van der Waals surface area contributed by atoms with Crippen LogP contribution in [0.4, 0.5) is 0 Å². The molecule has 2 heterocycles. The maximum absolute atomic E-state index is 12.5. The zero-order valence-corrected chi connectivity index (χ0v) is 19.5. The van der Waals surface area contributed by atoms with Gasteiger partial charge in [-0.3, -0.25) is 4.18 Å². The predicted molar refractivity (Wildman–Crippen MR) is 121 cm³/mol. The van der Waals surface area contributed by atoms with E-state index in [2.05, 4.69) is 4.98 Å². The molecule has 0 amide bonds. The molecule has 2 aromatic carbocycles. The first kappa shape index (κ1) is 23.4. The SMILES string of the molecule is COc1ccc(CC[C@@]2(Cn3ccnc3)OC[C@H](COS(=O)(=O)c3ccc(C)cc3)O2)cc1. The zero-order chi connectivity index (χ0) is 23.3. The third-order valence-electron chi connectivity index (χ3n) is 5.57. The molecule has 0 bridgehead atoms. The molecule has 1 fully saturated rings. The predicted octanol–water partition coefficient (Wildman–Crippen LogP) is 3.35. The number of hydrogen-bond donors (Lipinski definition) is 0. The minimum Gasteiger partial charge on any atom is -0.497 e. The topological polar surface area (TPSA) is 88.9 Å². The number of ether oxygens (including phenoxy) is 3. The van der Waals surface area contributed by atoms with Crippen molar-refractivity contribution in [3.8, 4) is 5.75 Å². The van der Waals surface area contributed by atoms with Gasteiger partial charge in [-0.05, 0) is 43.2 Å². The minimum absolute atomic E-state index is 0.121. The van der Waals surface area contributed by atoms with Crippen molar-refractivity contribution in [2.45, 2.75) is 43.1 Å². The van der Waals surface area contributed by atoms with E-state index in [9.17, 15) is 8.42 Å². The normalized spacial score (nSPS) is 20.7. The van der Waals surface area contributed by atoms with E-state index in [1.165, 1.54) is 12.1 Å². The average molecular weight is 473 g/mol. The zero-order valence-electron chi connectivity index (χ0n) is 18.7. The molecule has 1 aliphatic heterocycles. The maximum atomic E-state index is 12.5. The van der Waals surface area contributed by atoms with Crippen molar-refractivity contribution in [2.75, 3.05) is 20.3 Å². The first-order valence-electron chi connectivity index (χ1n) is 10.7. The summed E-state index contributed by atoms with van der Waals surface area (Å²) in [5.74, 6) is -0.116. The van der Waals surface area contributed by atoms with Crippen LogP contribution in [0.1, 0.15) is 17.5 Å². The molecule has 0 N–H and O–H groups in total. The molecule has 33 heavy (non-hydrogen) atoms. The Hall–Kier alpha value is -2.72. The van der Waals surface area contributed by atoms with Crippen LogP contribution in [0.2, 0.25) is 0 Å². The fourth-order valence-corrected chi connectivity index (χ4v) is 4.65. The first-order chi connectivity index (χ1) is 15.9. The number of benzene rings is 2. The molecule has 8 nitrogen and oxygen atoms in total. The molecule has 1 aliphatic rings. The average Bonchev–Trinajstić information content (AvgIpc) is 3.48. The standard InChI is InChI=1S/C24H28N2O6S/c1-19-3-9-23(10-4-19)33(27,28)31-16-22-15-30-24(32-22,17-26-14-13-25-18-26)12-11-20-5-7-21(29-2)8-6-20/h3-10,13-14,18,22H,11-12,15-17H2,1-2H3/t22-,24-/m1/s1. The second-order valence-corrected chi connectivity index (χ2v) is 9.71.